The van der Waals surface area contributed by atoms with E-state index in [4.69, 9.17) is 0 Å². The van der Waals surface area contributed by atoms with E-state index in [2.05, 4.69) is 15.8 Å². The van der Waals surface area contributed by atoms with Gasteiger partial charge in [-0.05, 0) is 18.4 Å². The summed E-state index contributed by atoms with van der Waals surface area (Å²) in [5.41, 5.74) is 2.30. The molecule has 11 heavy (non-hydrogen) atoms. The summed E-state index contributed by atoms with van der Waals surface area (Å²) in [5.74, 6) is 1.04. The first-order chi connectivity index (χ1) is 5.33. The van der Waals surface area contributed by atoms with Crippen LogP contribution in [0.2, 0.25) is 0 Å². The Labute approximate surface area is 69.8 Å². The molecule has 0 fully saturated rings. The Hall–Kier alpha value is -0.710. The number of nitrogens with one attached hydrogen (secondary N) is 2. The minimum absolute atomic E-state index is 0.108. The topological polar surface area (TPSA) is 53.5 Å². The van der Waals surface area contributed by atoms with Crippen LogP contribution in [0.3, 0.4) is 0 Å². The van der Waals surface area contributed by atoms with Crippen molar-refractivity contribution in [3.05, 3.63) is 0 Å². The maximum Gasteiger partial charge on any atom is 0.335 e. The van der Waals surface area contributed by atoms with Crippen molar-refractivity contribution in [3.63, 3.8) is 0 Å². The van der Waals surface area contributed by atoms with Crippen LogP contribution in [0.4, 0.5) is 4.79 Å². The number of carbonyl (C=O) groups excluding carboxylic acids is 1. The molecule has 0 aromatic rings. The van der Waals surface area contributed by atoms with Crippen molar-refractivity contribution < 1.29 is 4.79 Å². The Morgan fingerprint density at radius 3 is 3.27 bits per heavy atom. The van der Waals surface area contributed by atoms with E-state index in [9.17, 15) is 4.79 Å². The summed E-state index contributed by atoms with van der Waals surface area (Å²) in [4.78, 5) is 10.7. The molecule has 0 saturated heterocycles. The first kappa shape index (κ1) is 8.39. The minimum Gasteiger partial charge on any atom is -0.329 e. The lowest BCUT2D eigenvalue weighted by Crippen LogP contribution is -2.45. The Bertz CT molecular complexity index is 171. The van der Waals surface area contributed by atoms with E-state index in [0.717, 1.165) is 12.2 Å². The Kier molecular flexibility index (Phi) is 3.22. The van der Waals surface area contributed by atoms with Gasteiger partial charge in [0.05, 0.1) is 6.04 Å². The summed E-state index contributed by atoms with van der Waals surface area (Å²) < 4.78 is 0. The van der Waals surface area contributed by atoms with E-state index in [0.29, 0.717) is 0 Å². The summed E-state index contributed by atoms with van der Waals surface area (Å²) in [5, 5.41) is 6.43. The number of urea groups is 1. The van der Waals surface area contributed by atoms with Gasteiger partial charge in [-0.25, -0.2) is 10.2 Å². The molecule has 0 aromatic heterocycles. The van der Waals surface area contributed by atoms with E-state index in [1.165, 1.54) is 0 Å². The first-order valence-corrected chi connectivity index (χ1v) is 4.81. The summed E-state index contributed by atoms with van der Waals surface area (Å²) in [6.45, 7) is 0. The largest absolute Gasteiger partial charge is 0.335 e. The lowest BCUT2D eigenvalue weighted by atomic mass is 10.2. The number of hydrogen-bond donors (Lipinski definition) is 2. The molecule has 0 bridgehead atoms. The van der Waals surface area contributed by atoms with Gasteiger partial charge in [0.25, 0.3) is 0 Å². The molecular weight excluding hydrogens is 162 g/mol. The zero-order chi connectivity index (χ0) is 8.10. The molecule has 1 aliphatic heterocycles. The van der Waals surface area contributed by atoms with E-state index in [1.54, 1.807) is 18.0 Å². The van der Waals surface area contributed by atoms with Gasteiger partial charge >= 0.3 is 6.03 Å². The summed E-state index contributed by atoms with van der Waals surface area (Å²) in [6.07, 6.45) is 4.70. The van der Waals surface area contributed by atoms with E-state index in [1.807, 2.05) is 6.26 Å². The van der Waals surface area contributed by atoms with Gasteiger partial charge in [0.15, 0.2) is 0 Å². The van der Waals surface area contributed by atoms with Crippen LogP contribution >= 0.6 is 11.8 Å². The van der Waals surface area contributed by atoms with Gasteiger partial charge in [0.2, 0.25) is 0 Å². The lowest BCUT2D eigenvalue weighted by molar-refractivity contribution is 0.238. The number of nitrogens with zero attached hydrogens (tertiary/aromatic N) is 1. The number of thioether (sulfide) groups is 1. The average molecular weight is 173 g/mol. The smallest absolute Gasteiger partial charge is 0.329 e. The van der Waals surface area contributed by atoms with Gasteiger partial charge in [-0.15, -0.1) is 0 Å². The highest BCUT2D eigenvalue weighted by Crippen LogP contribution is 2.00. The van der Waals surface area contributed by atoms with Crippen molar-refractivity contribution >= 4 is 24.0 Å². The third-order valence-electron chi connectivity index (χ3n) is 1.37. The maximum atomic E-state index is 10.7. The Morgan fingerprint density at radius 2 is 2.64 bits per heavy atom. The highest BCUT2D eigenvalue weighted by atomic mass is 32.2. The zero-order valence-electron chi connectivity index (χ0n) is 6.33. The van der Waals surface area contributed by atoms with E-state index >= 15 is 0 Å². The second kappa shape index (κ2) is 4.23. The maximum absolute atomic E-state index is 10.7. The number of rotatable bonds is 3. The Morgan fingerprint density at radius 1 is 1.82 bits per heavy atom. The highest BCUT2D eigenvalue weighted by Gasteiger charge is 2.12. The van der Waals surface area contributed by atoms with Crippen molar-refractivity contribution in [1.29, 1.82) is 0 Å². The highest BCUT2D eigenvalue weighted by molar-refractivity contribution is 7.98. The predicted molar refractivity (Wildman–Crippen MR) is 46.9 cm³/mol. The number of hydrogen-bond acceptors (Lipinski definition) is 3. The fraction of sp³-hybridized carbons (Fsp3) is 0.667. The molecule has 1 atom stereocenters. The minimum atomic E-state index is -0.210. The SMILES string of the molecule is CSCCC1C=NNC(=O)N1. The molecule has 4 nitrogen and oxygen atoms in total. The fourth-order valence-corrected chi connectivity index (χ4v) is 1.30. The van der Waals surface area contributed by atoms with Crippen LogP contribution < -0.4 is 10.7 Å². The number of amides is 2. The monoisotopic (exact) mass is 173 g/mol. The van der Waals surface area contributed by atoms with Gasteiger partial charge < -0.3 is 5.32 Å². The fourth-order valence-electron chi connectivity index (χ4n) is 0.815. The van der Waals surface area contributed by atoms with E-state index < -0.39 is 0 Å². The first-order valence-electron chi connectivity index (χ1n) is 3.41. The third-order valence-corrected chi connectivity index (χ3v) is 2.01. The molecule has 0 aromatic carbocycles. The molecule has 0 saturated carbocycles. The van der Waals surface area contributed by atoms with Crippen LogP contribution in [-0.4, -0.2) is 30.3 Å². The van der Waals surface area contributed by atoms with Crippen molar-refractivity contribution in [1.82, 2.24) is 10.7 Å². The number of hydrazone groups is 1. The van der Waals surface area contributed by atoms with Crippen LogP contribution in [-0.2, 0) is 0 Å². The second-order valence-corrected chi connectivity index (χ2v) is 3.24. The molecule has 0 spiro atoms. The quantitative estimate of drug-likeness (QED) is 0.649. The lowest BCUT2D eigenvalue weighted by Gasteiger charge is -2.16. The van der Waals surface area contributed by atoms with Gasteiger partial charge in [0.1, 0.15) is 0 Å². The van der Waals surface area contributed by atoms with Gasteiger partial charge in [-0.2, -0.15) is 16.9 Å². The molecule has 1 aliphatic rings. The molecule has 5 heteroatoms. The van der Waals surface area contributed by atoms with Gasteiger partial charge in [0, 0.05) is 6.21 Å². The molecule has 62 valence electrons. The van der Waals surface area contributed by atoms with Gasteiger partial charge in [-0.3, -0.25) is 0 Å². The summed E-state index contributed by atoms with van der Waals surface area (Å²) in [7, 11) is 0. The second-order valence-electron chi connectivity index (χ2n) is 2.25. The number of carbonyl (C=O) groups is 1. The molecule has 0 aliphatic carbocycles. The standard InChI is InChI=1S/C6H11N3OS/c1-11-3-2-5-4-7-9-6(10)8-5/h4-5H,2-3H2,1H3,(H2,8,9,10). The normalized spacial score (nSPS) is 22.6. The van der Waals surface area contributed by atoms with Crippen LogP contribution in [0.15, 0.2) is 5.10 Å². The molecule has 0 radical (unpaired) electrons. The van der Waals surface area contributed by atoms with Crippen LogP contribution in [0.5, 0.6) is 0 Å². The molecule has 1 rings (SSSR count). The van der Waals surface area contributed by atoms with Crippen LogP contribution in [0.25, 0.3) is 0 Å². The molecule has 2 amide bonds. The molecule has 1 unspecified atom stereocenters. The average Bonchev–Trinajstić information content (AvgIpc) is 2.01. The van der Waals surface area contributed by atoms with Crippen LogP contribution in [0.1, 0.15) is 6.42 Å². The van der Waals surface area contributed by atoms with Crippen molar-refractivity contribution in [3.8, 4) is 0 Å². The zero-order valence-corrected chi connectivity index (χ0v) is 7.15. The molecule has 1 heterocycles. The van der Waals surface area contributed by atoms with Gasteiger partial charge in [-0.1, -0.05) is 0 Å². The Balaban J connectivity index is 2.28. The third kappa shape index (κ3) is 2.80. The summed E-state index contributed by atoms with van der Waals surface area (Å²) in [6, 6.07) is -0.102. The van der Waals surface area contributed by atoms with Crippen LogP contribution in [0, 0.1) is 0 Å². The van der Waals surface area contributed by atoms with Crippen molar-refractivity contribution in [2.45, 2.75) is 12.5 Å². The predicted octanol–water partition coefficient (Wildman–Crippen LogP) is 0.407. The summed E-state index contributed by atoms with van der Waals surface area (Å²) >= 11 is 1.76. The van der Waals surface area contributed by atoms with Crippen molar-refractivity contribution in [2.24, 2.45) is 5.10 Å². The van der Waals surface area contributed by atoms with E-state index in [-0.39, 0.29) is 12.1 Å². The molecular formula is C6H11N3OS. The molecule has 2 N–H and O–H groups in total. The van der Waals surface area contributed by atoms with Crippen molar-refractivity contribution in [2.75, 3.05) is 12.0 Å².